The monoisotopic (exact) mass is 540 g/mol. The fraction of sp³-hybridized carbons (Fsp3) is 0.407. The van der Waals surface area contributed by atoms with Gasteiger partial charge >= 0.3 is 5.97 Å². The number of anilines is 1. The Morgan fingerprint density at radius 3 is 2.65 bits per heavy atom. The summed E-state index contributed by atoms with van der Waals surface area (Å²) in [6.45, 7) is 8.63. The molecule has 196 valence electrons. The molecule has 0 bridgehead atoms. The molecule has 1 amide bonds. The van der Waals surface area contributed by atoms with E-state index in [2.05, 4.69) is 28.2 Å². The van der Waals surface area contributed by atoms with Gasteiger partial charge in [-0.15, -0.1) is 28.1 Å². The number of hydrogen-bond acceptors (Lipinski definition) is 8. The highest BCUT2D eigenvalue weighted by Gasteiger charge is 2.26. The molecule has 37 heavy (non-hydrogen) atoms. The summed E-state index contributed by atoms with van der Waals surface area (Å²) in [5.41, 5.74) is 3.78. The summed E-state index contributed by atoms with van der Waals surface area (Å²) in [7, 11) is 1.37. The van der Waals surface area contributed by atoms with E-state index in [1.165, 1.54) is 35.1 Å². The summed E-state index contributed by atoms with van der Waals surface area (Å²) >= 11 is 2.77. The van der Waals surface area contributed by atoms with Gasteiger partial charge in [0.1, 0.15) is 17.4 Å². The number of amides is 1. The van der Waals surface area contributed by atoms with E-state index >= 15 is 0 Å². The van der Waals surface area contributed by atoms with Crippen LogP contribution in [0, 0.1) is 13.8 Å². The summed E-state index contributed by atoms with van der Waals surface area (Å²) in [6, 6.07) is 6.05. The molecular weight excluding hydrogens is 508 g/mol. The highest BCUT2D eigenvalue weighted by atomic mass is 32.2. The number of allylic oxidation sites excluding steroid dienone is 1. The lowest BCUT2D eigenvalue weighted by atomic mass is 10.1. The van der Waals surface area contributed by atoms with Crippen LogP contribution in [0.2, 0.25) is 0 Å². The van der Waals surface area contributed by atoms with E-state index in [9.17, 15) is 9.59 Å². The molecule has 1 aromatic carbocycles. The topological polar surface area (TPSA) is 95.3 Å². The molecular formula is C27H32N4O4S2. The second-order valence-electron chi connectivity index (χ2n) is 9.01. The van der Waals surface area contributed by atoms with Gasteiger partial charge in [0.05, 0.1) is 18.4 Å². The maximum Gasteiger partial charge on any atom is 0.341 e. The molecule has 2 aromatic heterocycles. The summed E-state index contributed by atoms with van der Waals surface area (Å²) in [5.74, 6) is 0.928. The van der Waals surface area contributed by atoms with Gasteiger partial charge < -0.3 is 14.8 Å². The first kappa shape index (κ1) is 26.9. The zero-order valence-corrected chi connectivity index (χ0v) is 23.1. The van der Waals surface area contributed by atoms with Crippen LogP contribution in [0.15, 0.2) is 36.0 Å². The van der Waals surface area contributed by atoms with Gasteiger partial charge in [-0.2, -0.15) is 0 Å². The minimum atomic E-state index is -0.401. The Morgan fingerprint density at radius 2 is 1.92 bits per heavy atom. The van der Waals surface area contributed by atoms with Crippen molar-refractivity contribution in [3.8, 4) is 5.75 Å². The number of benzene rings is 1. The highest BCUT2D eigenvalue weighted by Crippen LogP contribution is 2.38. The number of esters is 1. The number of hydrogen-bond donors (Lipinski definition) is 1. The molecule has 0 unspecified atom stereocenters. The lowest BCUT2D eigenvalue weighted by molar-refractivity contribution is -0.113. The molecule has 2 heterocycles. The average Bonchev–Trinajstić information content (AvgIpc) is 3.32. The van der Waals surface area contributed by atoms with Crippen LogP contribution in [0.3, 0.4) is 0 Å². The van der Waals surface area contributed by atoms with E-state index in [4.69, 9.17) is 9.47 Å². The molecule has 0 fully saturated rings. The number of carbonyl (C=O) groups excluding carboxylic acids is 2. The first-order chi connectivity index (χ1) is 17.9. The Hall–Kier alpha value is -3.11. The van der Waals surface area contributed by atoms with E-state index in [-0.39, 0.29) is 18.3 Å². The van der Waals surface area contributed by atoms with E-state index < -0.39 is 5.97 Å². The lowest BCUT2D eigenvalue weighted by Crippen LogP contribution is -2.17. The van der Waals surface area contributed by atoms with Gasteiger partial charge in [-0.1, -0.05) is 30.3 Å². The number of rotatable bonds is 10. The van der Waals surface area contributed by atoms with E-state index in [1.807, 2.05) is 30.5 Å². The molecule has 0 radical (unpaired) electrons. The SMILES string of the molecule is C=CCn1c(COc2cc(C)cc(C)c2)nnc1SCC(=O)Nc1sc2c(c1C(=O)OC)CCCCC2. The lowest BCUT2D eigenvalue weighted by Gasteiger charge is -2.10. The smallest absolute Gasteiger partial charge is 0.341 e. The summed E-state index contributed by atoms with van der Waals surface area (Å²) in [6.07, 6.45) is 6.78. The Bertz CT molecular complexity index is 1280. The van der Waals surface area contributed by atoms with E-state index in [1.54, 1.807) is 6.08 Å². The van der Waals surface area contributed by atoms with Gasteiger partial charge in [-0.05, 0) is 68.4 Å². The Morgan fingerprint density at radius 1 is 1.16 bits per heavy atom. The zero-order chi connectivity index (χ0) is 26.4. The number of carbonyl (C=O) groups is 2. The number of aryl methyl sites for hydroxylation is 3. The number of nitrogens with zero attached hydrogens (tertiary/aromatic N) is 3. The number of thioether (sulfide) groups is 1. The van der Waals surface area contributed by atoms with Gasteiger partial charge in [0, 0.05) is 11.4 Å². The van der Waals surface area contributed by atoms with Crippen LogP contribution >= 0.6 is 23.1 Å². The Balaban J connectivity index is 1.43. The van der Waals surface area contributed by atoms with Crippen LogP contribution in [0.5, 0.6) is 5.75 Å². The molecule has 1 aliphatic rings. The molecule has 10 heteroatoms. The number of ether oxygens (including phenoxy) is 2. The van der Waals surface area contributed by atoms with Crippen molar-refractivity contribution in [2.75, 3.05) is 18.2 Å². The molecule has 0 aliphatic heterocycles. The first-order valence-electron chi connectivity index (χ1n) is 12.3. The Labute approximate surface area is 225 Å². The van der Waals surface area contributed by atoms with Crippen LogP contribution in [0.4, 0.5) is 5.00 Å². The molecule has 3 aromatic rings. The minimum absolute atomic E-state index is 0.121. The first-order valence-corrected chi connectivity index (χ1v) is 14.1. The van der Waals surface area contributed by atoms with Crippen LogP contribution in [-0.2, 0) is 35.5 Å². The standard InChI is InChI=1S/C27H32N4O4S2/c1-5-11-31-22(15-35-19-13-17(2)12-18(3)14-19)29-30-27(31)36-16-23(32)28-25-24(26(33)34-4)20-9-7-6-8-10-21(20)37-25/h5,12-14H,1,6-11,15-16H2,2-4H3,(H,28,32). The molecule has 0 saturated carbocycles. The van der Waals surface area contributed by atoms with E-state index in [0.717, 1.165) is 54.5 Å². The summed E-state index contributed by atoms with van der Waals surface area (Å²) < 4.78 is 12.9. The van der Waals surface area contributed by atoms with Crippen molar-refractivity contribution in [3.05, 3.63) is 63.8 Å². The summed E-state index contributed by atoms with van der Waals surface area (Å²) in [5, 5.41) is 12.7. The molecule has 0 saturated heterocycles. The number of methoxy groups -OCH3 is 1. The van der Waals surface area contributed by atoms with Crippen molar-refractivity contribution < 1.29 is 19.1 Å². The largest absolute Gasteiger partial charge is 0.486 e. The van der Waals surface area contributed by atoms with Crippen LogP contribution in [0.25, 0.3) is 0 Å². The van der Waals surface area contributed by atoms with Crippen LogP contribution in [0.1, 0.15) is 57.0 Å². The van der Waals surface area contributed by atoms with Crippen molar-refractivity contribution in [3.63, 3.8) is 0 Å². The van der Waals surface area contributed by atoms with Gasteiger partial charge in [0.25, 0.3) is 0 Å². The van der Waals surface area contributed by atoms with E-state index in [0.29, 0.717) is 28.1 Å². The van der Waals surface area contributed by atoms with Crippen molar-refractivity contribution in [2.45, 2.75) is 64.3 Å². The summed E-state index contributed by atoms with van der Waals surface area (Å²) in [4.78, 5) is 26.6. The van der Waals surface area contributed by atoms with Gasteiger partial charge in [0.2, 0.25) is 5.91 Å². The van der Waals surface area contributed by atoms with Gasteiger partial charge in [0.15, 0.2) is 11.0 Å². The normalized spacial score (nSPS) is 12.9. The van der Waals surface area contributed by atoms with Gasteiger partial charge in [-0.3, -0.25) is 9.36 Å². The van der Waals surface area contributed by atoms with Crippen molar-refractivity contribution in [1.82, 2.24) is 14.8 Å². The molecule has 4 rings (SSSR count). The number of fused-ring (bicyclic) bond motifs is 1. The third-order valence-corrected chi connectivity index (χ3v) is 8.24. The zero-order valence-electron chi connectivity index (χ0n) is 21.5. The second kappa shape index (κ2) is 12.4. The average molecular weight is 541 g/mol. The quantitative estimate of drug-likeness (QED) is 0.157. The minimum Gasteiger partial charge on any atom is -0.486 e. The number of aromatic nitrogens is 3. The third-order valence-electron chi connectivity index (χ3n) is 6.06. The molecule has 8 nitrogen and oxygen atoms in total. The molecule has 1 aliphatic carbocycles. The maximum atomic E-state index is 12.9. The maximum absolute atomic E-state index is 12.9. The van der Waals surface area contributed by atoms with Gasteiger partial charge in [-0.25, -0.2) is 4.79 Å². The molecule has 1 N–H and O–H groups in total. The highest BCUT2D eigenvalue weighted by molar-refractivity contribution is 7.99. The molecule has 0 spiro atoms. The predicted octanol–water partition coefficient (Wildman–Crippen LogP) is 5.51. The Kier molecular flexibility index (Phi) is 9.04. The number of nitrogens with one attached hydrogen (secondary N) is 1. The molecule has 0 atom stereocenters. The van der Waals surface area contributed by atoms with Crippen LogP contribution < -0.4 is 10.1 Å². The fourth-order valence-corrected chi connectivity index (χ4v) is 6.51. The van der Waals surface area contributed by atoms with Crippen molar-refractivity contribution in [2.24, 2.45) is 0 Å². The van der Waals surface area contributed by atoms with Crippen molar-refractivity contribution >= 4 is 40.0 Å². The third kappa shape index (κ3) is 6.61. The fourth-order valence-electron chi connectivity index (χ4n) is 4.45. The van der Waals surface area contributed by atoms with Crippen LogP contribution in [-0.4, -0.2) is 39.5 Å². The second-order valence-corrected chi connectivity index (χ2v) is 11.1. The predicted molar refractivity (Wildman–Crippen MR) is 147 cm³/mol. The number of thiophene rings is 1. The van der Waals surface area contributed by atoms with Crippen molar-refractivity contribution in [1.29, 1.82) is 0 Å².